The molecule has 2 aliphatic rings. The quantitative estimate of drug-likeness (QED) is 0.660. The lowest BCUT2D eigenvalue weighted by molar-refractivity contribution is -0.148. The second-order valence-corrected chi connectivity index (χ2v) is 6.52. The van der Waals surface area contributed by atoms with Crippen LogP contribution in [0.2, 0.25) is 5.02 Å². The second kappa shape index (κ2) is 5.85. The highest BCUT2D eigenvalue weighted by molar-refractivity contribution is 6.30. The van der Waals surface area contributed by atoms with Gasteiger partial charge in [0.05, 0.1) is 0 Å². The van der Waals surface area contributed by atoms with E-state index in [1.807, 2.05) is 0 Å². The van der Waals surface area contributed by atoms with E-state index in [0.717, 1.165) is 23.3 Å². The summed E-state index contributed by atoms with van der Waals surface area (Å²) in [4.78, 5) is 37.2. The summed E-state index contributed by atoms with van der Waals surface area (Å²) in [5.41, 5.74) is -0.101. The van der Waals surface area contributed by atoms with Crippen molar-refractivity contribution in [1.82, 2.24) is 10.2 Å². The SMILES string of the molecule is C[C@@]1(C2CC2)NC(=O)N(CC(=O)OCc2ccc(Cl)cc2)C1=O. The Kier molecular flexibility index (Phi) is 4.02. The molecule has 3 amide bonds. The molecule has 0 radical (unpaired) electrons. The van der Waals surface area contributed by atoms with Crippen LogP contribution in [0.3, 0.4) is 0 Å². The van der Waals surface area contributed by atoms with Crippen LogP contribution in [-0.2, 0) is 20.9 Å². The standard InChI is InChI=1S/C16H17ClN2O4/c1-16(11-4-5-11)14(21)19(15(22)18-16)8-13(20)23-9-10-2-6-12(17)7-3-10/h2-3,6-7,11H,4-5,8-9H2,1H3,(H,18,22)/t16-/m0/s1. The van der Waals surface area contributed by atoms with Crippen molar-refractivity contribution in [3.63, 3.8) is 0 Å². The van der Waals surface area contributed by atoms with Gasteiger partial charge in [0.25, 0.3) is 5.91 Å². The van der Waals surface area contributed by atoms with Crippen molar-refractivity contribution in [3.8, 4) is 0 Å². The Bertz CT molecular complexity index is 657. The van der Waals surface area contributed by atoms with Crippen LogP contribution in [0.4, 0.5) is 4.79 Å². The Balaban J connectivity index is 1.56. The molecular weight excluding hydrogens is 320 g/mol. The molecule has 1 heterocycles. The summed E-state index contributed by atoms with van der Waals surface area (Å²) in [6.07, 6.45) is 1.83. The Hall–Kier alpha value is -2.08. The van der Waals surface area contributed by atoms with Gasteiger partial charge in [-0.25, -0.2) is 4.79 Å². The fourth-order valence-corrected chi connectivity index (χ4v) is 2.84. The molecular formula is C16H17ClN2O4. The molecule has 3 rings (SSSR count). The molecule has 1 aromatic rings. The summed E-state index contributed by atoms with van der Waals surface area (Å²) in [6, 6.07) is 6.35. The molecule has 1 N–H and O–H groups in total. The number of nitrogens with zero attached hydrogens (tertiary/aromatic N) is 1. The molecule has 7 heteroatoms. The van der Waals surface area contributed by atoms with E-state index in [9.17, 15) is 14.4 Å². The molecule has 23 heavy (non-hydrogen) atoms. The zero-order chi connectivity index (χ0) is 16.6. The number of hydrogen-bond donors (Lipinski definition) is 1. The third-order valence-electron chi connectivity index (χ3n) is 4.30. The predicted octanol–water partition coefficient (Wildman–Crippen LogP) is 2.10. The van der Waals surface area contributed by atoms with Crippen LogP contribution >= 0.6 is 11.6 Å². The van der Waals surface area contributed by atoms with E-state index in [2.05, 4.69) is 5.32 Å². The first-order valence-corrected chi connectivity index (χ1v) is 7.82. The molecule has 0 spiro atoms. The van der Waals surface area contributed by atoms with E-state index in [4.69, 9.17) is 16.3 Å². The van der Waals surface area contributed by atoms with Gasteiger partial charge in [-0.1, -0.05) is 23.7 Å². The third-order valence-corrected chi connectivity index (χ3v) is 4.55. The van der Waals surface area contributed by atoms with Crippen molar-refractivity contribution in [2.45, 2.75) is 31.9 Å². The summed E-state index contributed by atoms with van der Waals surface area (Å²) in [7, 11) is 0. The van der Waals surface area contributed by atoms with Crippen LogP contribution in [0.1, 0.15) is 25.3 Å². The van der Waals surface area contributed by atoms with E-state index in [1.54, 1.807) is 31.2 Å². The van der Waals surface area contributed by atoms with Crippen molar-refractivity contribution in [2.75, 3.05) is 6.54 Å². The van der Waals surface area contributed by atoms with Crippen molar-refractivity contribution >= 4 is 29.5 Å². The topological polar surface area (TPSA) is 75.7 Å². The number of carbonyl (C=O) groups excluding carboxylic acids is 3. The van der Waals surface area contributed by atoms with Gasteiger partial charge in [0, 0.05) is 5.02 Å². The van der Waals surface area contributed by atoms with Gasteiger partial charge < -0.3 is 10.1 Å². The highest BCUT2D eigenvalue weighted by atomic mass is 35.5. The smallest absolute Gasteiger partial charge is 0.326 e. The van der Waals surface area contributed by atoms with Crippen LogP contribution < -0.4 is 5.32 Å². The number of nitrogens with one attached hydrogen (secondary N) is 1. The van der Waals surface area contributed by atoms with Gasteiger partial charge in [-0.05, 0) is 43.4 Å². The van der Waals surface area contributed by atoms with Gasteiger partial charge in [0.2, 0.25) is 0 Å². The second-order valence-electron chi connectivity index (χ2n) is 6.09. The van der Waals surface area contributed by atoms with Crippen molar-refractivity contribution in [3.05, 3.63) is 34.9 Å². The molecule has 6 nitrogen and oxygen atoms in total. The zero-order valence-corrected chi connectivity index (χ0v) is 13.4. The van der Waals surface area contributed by atoms with Gasteiger partial charge in [0.1, 0.15) is 18.7 Å². The minimum Gasteiger partial charge on any atom is -0.459 e. The van der Waals surface area contributed by atoms with E-state index < -0.39 is 17.5 Å². The van der Waals surface area contributed by atoms with Gasteiger partial charge >= 0.3 is 12.0 Å². The van der Waals surface area contributed by atoms with Crippen molar-refractivity contribution in [1.29, 1.82) is 0 Å². The first kappa shape index (κ1) is 15.8. The van der Waals surface area contributed by atoms with E-state index in [1.165, 1.54) is 0 Å². The first-order chi connectivity index (χ1) is 10.9. The zero-order valence-electron chi connectivity index (χ0n) is 12.7. The Morgan fingerprint density at radius 2 is 2.00 bits per heavy atom. The third kappa shape index (κ3) is 3.17. The number of hydrogen-bond acceptors (Lipinski definition) is 4. The van der Waals surface area contributed by atoms with Crippen molar-refractivity contribution in [2.24, 2.45) is 5.92 Å². The molecule has 0 bridgehead atoms. The normalized spacial score (nSPS) is 23.8. The molecule has 0 unspecified atom stereocenters. The van der Waals surface area contributed by atoms with Crippen molar-refractivity contribution < 1.29 is 19.1 Å². The van der Waals surface area contributed by atoms with Crippen LogP contribution in [0.5, 0.6) is 0 Å². The molecule has 1 saturated carbocycles. The highest BCUT2D eigenvalue weighted by Crippen LogP contribution is 2.42. The lowest BCUT2D eigenvalue weighted by atomic mass is 9.96. The number of benzene rings is 1. The number of esters is 1. The number of imide groups is 1. The number of carbonyl (C=O) groups is 3. The summed E-state index contributed by atoms with van der Waals surface area (Å²) in [5.74, 6) is -0.814. The fourth-order valence-electron chi connectivity index (χ4n) is 2.72. The Morgan fingerprint density at radius 1 is 1.35 bits per heavy atom. The molecule has 1 aliphatic carbocycles. The number of ether oxygens (including phenoxy) is 1. The maximum absolute atomic E-state index is 12.4. The van der Waals surface area contributed by atoms with Gasteiger partial charge in [-0.2, -0.15) is 0 Å². The van der Waals surface area contributed by atoms with Gasteiger partial charge in [-0.15, -0.1) is 0 Å². The highest BCUT2D eigenvalue weighted by Gasteiger charge is 2.56. The van der Waals surface area contributed by atoms with E-state index in [0.29, 0.717) is 5.02 Å². The maximum atomic E-state index is 12.4. The number of urea groups is 1. The lowest BCUT2D eigenvalue weighted by Crippen LogP contribution is -2.46. The minimum atomic E-state index is -0.881. The first-order valence-electron chi connectivity index (χ1n) is 7.44. The van der Waals surface area contributed by atoms with Crippen LogP contribution in [0.25, 0.3) is 0 Å². The van der Waals surface area contributed by atoms with Crippen LogP contribution in [-0.4, -0.2) is 34.9 Å². The molecule has 1 saturated heterocycles. The average Bonchev–Trinajstić information content (AvgIpc) is 3.33. The minimum absolute atomic E-state index is 0.0690. The molecule has 1 aromatic carbocycles. The molecule has 1 aliphatic heterocycles. The summed E-state index contributed by atoms with van der Waals surface area (Å²) < 4.78 is 5.11. The Labute approximate surface area is 138 Å². The Morgan fingerprint density at radius 3 is 2.61 bits per heavy atom. The summed E-state index contributed by atoms with van der Waals surface area (Å²) >= 11 is 5.78. The molecule has 2 fully saturated rings. The predicted molar refractivity (Wildman–Crippen MR) is 82.6 cm³/mol. The largest absolute Gasteiger partial charge is 0.459 e. The van der Waals surface area contributed by atoms with E-state index in [-0.39, 0.29) is 25.0 Å². The maximum Gasteiger partial charge on any atom is 0.326 e. The van der Waals surface area contributed by atoms with Crippen LogP contribution in [0.15, 0.2) is 24.3 Å². The fraction of sp³-hybridized carbons (Fsp3) is 0.438. The average molecular weight is 337 g/mol. The van der Waals surface area contributed by atoms with E-state index >= 15 is 0 Å². The van der Waals surface area contributed by atoms with Crippen LogP contribution in [0, 0.1) is 5.92 Å². The number of halogens is 1. The van der Waals surface area contributed by atoms with Gasteiger partial charge in [0.15, 0.2) is 0 Å². The number of rotatable bonds is 5. The monoisotopic (exact) mass is 336 g/mol. The number of amides is 3. The summed E-state index contributed by atoms with van der Waals surface area (Å²) in [5, 5.41) is 3.29. The summed E-state index contributed by atoms with van der Waals surface area (Å²) in [6.45, 7) is 1.41. The molecule has 1 atom stereocenters. The lowest BCUT2D eigenvalue weighted by Gasteiger charge is -2.20. The van der Waals surface area contributed by atoms with Gasteiger partial charge in [-0.3, -0.25) is 14.5 Å². The molecule has 122 valence electrons. The molecule has 0 aromatic heterocycles.